The first-order chi connectivity index (χ1) is 9.99. The maximum Gasteiger partial charge on any atom is 0.229 e. The first kappa shape index (κ1) is 15.9. The summed E-state index contributed by atoms with van der Waals surface area (Å²) in [5.41, 5.74) is -0.623. The third-order valence-corrected chi connectivity index (χ3v) is 3.13. The van der Waals surface area contributed by atoms with Crippen LogP contribution in [-0.4, -0.2) is 62.8 Å². The zero-order chi connectivity index (χ0) is 15.6. The molecule has 9 heteroatoms. The summed E-state index contributed by atoms with van der Waals surface area (Å²) in [6.07, 6.45) is -6.44. The number of aliphatic hydroxyl groups excluding tert-OH is 5. The van der Waals surface area contributed by atoms with Crippen molar-refractivity contribution in [2.45, 2.75) is 37.3 Å². The zero-order valence-corrected chi connectivity index (χ0v) is 10.8. The maximum absolute atomic E-state index is 11.7. The molecular formula is C12H16O9. The Morgan fingerprint density at radius 2 is 1.86 bits per heavy atom. The topological polar surface area (TPSA) is 150 Å². The Balaban J connectivity index is 2.24. The predicted octanol–water partition coefficient (Wildman–Crippen LogP) is -2.69. The number of ether oxygens (including phenoxy) is 2. The molecule has 21 heavy (non-hydrogen) atoms. The van der Waals surface area contributed by atoms with Gasteiger partial charge in [0.2, 0.25) is 17.5 Å². The minimum atomic E-state index is -1.66. The Labute approximate surface area is 118 Å². The molecule has 1 fully saturated rings. The van der Waals surface area contributed by atoms with Gasteiger partial charge in [0.25, 0.3) is 0 Å². The summed E-state index contributed by atoms with van der Waals surface area (Å²) in [4.78, 5) is 11.7. The fraction of sp³-hybridized carbons (Fsp3) is 0.583. The number of rotatable bonds is 4. The Morgan fingerprint density at radius 1 is 1.14 bits per heavy atom. The van der Waals surface area contributed by atoms with Gasteiger partial charge in [-0.3, -0.25) is 4.79 Å². The summed E-state index contributed by atoms with van der Waals surface area (Å²) >= 11 is 0. The highest BCUT2D eigenvalue weighted by atomic mass is 16.7. The summed E-state index contributed by atoms with van der Waals surface area (Å²) < 4.78 is 15.1. The van der Waals surface area contributed by atoms with Crippen molar-refractivity contribution < 1.29 is 39.4 Å². The van der Waals surface area contributed by atoms with Gasteiger partial charge in [-0.05, 0) is 0 Å². The quantitative estimate of drug-likeness (QED) is 0.400. The molecule has 118 valence electrons. The van der Waals surface area contributed by atoms with E-state index in [4.69, 9.17) is 24.1 Å². The van der Waals surface area contributed by atoms with E-state index in [0.717, 1.165) is 12.3 Å². The summed E-state index contributed by atoms with van der Waals surface area (Å²) in [6.45, 7) is -1.25. The fourth-order valence-corrected chi connectivity index (χ4v) is 1.96. The van der Waals surface area contributed by atoms with Crippen molar-refractivity contribution in [2.75, 3.05) is 6.61 Å². The molecule has 5 atom stereocenters. The zero-order valence-electron chi connectivity index (χ0n) is 10.8. The molecule has 1 saturated heterocycles. The summed E-state index contributed by atoms with van der Waals surface area (Å²) in [6, 6.07) is 1.04. The van der Waals surface area contributed by atoms with Gasteiger partial charge in [-0.25, -0.2) is 0 Å². The van der Waals surface area contributed by atoms with Crippen LogP contribution in [0, 0.1) is 0 Å². The highest BCUT2D eigenvalue weighted by Gasteiger charge is 2.45. The normalized spacial score (nSPS) is 32.9. The predicted molar refractivity (Wildman–Crippen MR) is 65.3 cm³/mol. The van der Waals surface area contributed by atoms with Crippen LogP contribution in [-0.2, 0) is 11.3 Å². The van der Waals surface area contributed by atoms with E-state index < -0.39 is 49.3 Å². The van der Waals surface area contributed by atoms with Crippen molar-refractivity contribution in [2.24, 2.45) is 0 Å². The smallest absolute Gasteiger partial charge is 0.229 e. The van der Waals surface area contributed by atoms with Gasteiger partial charge in [0, 0.05) is 6.07 Å². The van der Waals surface area contributed by atoms with Gasteiger partial charge in [-0.2, -0.15) is 0 Å². The van der Waals surface area contributed by atoms with Gasteiger partial charge < -0.3 is 39.4 Å². The Hall–Kier alpha value is -1.49. The van der Waals surface area contributed by atoms with Gasteiger partial charge in [-0.15, -0.1) is 0 Å². The van der Waals surface area contributed by atoms with E-state index in [9.17, 15) is 20.1 Å². The molecule has 0 bridgehead atoms. The standard InChI is InChI=1S/C12H16O9/c13-3-6-8(16)9(17)10(18)12(20-6)21-11-5(15)1-2-19-7(11)4-14/h1-2,6,8-10,12-14,16-18H,3-4H2. The van der Waals surface area contributed by atoms with Crippen molar-refractivity contribution in [1.82, 2.24) is 0 Å². The SMILES string of the molecule is O=c1ccoc(CO)c1OC1OC(CO)C(O)C(O)C1O. The van der Waals surface area contributed by atoms with Crippen LogP contribution in [0.25, 0.3) is 0 Å². The molecule has 0 spiro atoms. The second-order valence-electron chi connectivity index (χ2n) is 4.51. The summed E-state index contributed by atoms with van der Waals surface area (Å²) in [5.74, 6) is -0.566. The lowest BCUT2D eigenvalue weighted by molar-refractivity contribution is -0.278. The molecule has 0 saturated carbocycles. The van der Waals surface area contributed by atoms with E-state index in [1.807, 2.05) is 0 Å². The lowest BCUT2D eigenvalue weighted by Crippen LogP contribution is -2.60. The second-order valence-corrected chi connectivity index (χ2v) is 4.51. The Bertz CT molecular complexity index is 526. The van der Waals surface area contributed by atoms with E-state index >= 15 is 0 Å². The van der Waals surface area contributed by atoms with Crippen LogP contribution in [0.2, 0.25) is 0 Å². The number of hydrogen-bond donors (Lipinski definition) is 5. The van der Waals surface area contributed by atoms with Gasteiger partial charge in [0.05, 0.1) is 12.9 Å². The van der Waals surface area contributed by atoms with Crippen LogP contribution >= 0.6 is 0 Å². The minimum Gasteiger partial charge on any atom is -0.463 e. The van der Waals surface area contributed by atoms with E-state index in [1.54, 1.807) is 0 Å². The largest absolute Gasteiger partial charge is 0.463 e. The summed E-state index contributed by atoms with van der Waals surface area (Å²) in [7, 11) is 0. The maximum atomic E-state index is 11.7. The van der Waals surface area contributed by atoms with E-state index in [-0.39, 0.29) is 11.5 Å². The highest BCUT2D eigenvalue weighted by Crippen LogP contribution is 2.24. The molecule has 2 heterocycles. The van der Waals surface area contributed by atoms with Crippen molar-refractivity contribution in [3.8, 4) is 5.75 Å². The molecule has 0 amide bonds. The van der Waals surface area contributed by atoms with Crippen LogP contribution in [0.5, 0.6) is 5.75 Å². The van der Waals surface area contributed by atoms with Crippen molar-refractivity contribution in [3.63, 3.8) is 0 Å². The molecule has 1 aliphatic rings. The van der Waals surface area contributed by atoms with Crippen molar-refractivity contribution in [1.29, 1.82) is 0 Å². The molecule has 1 aliphatic heterocycles. The van der Waals surface area contributed by atoms with Gasteiger partial charge in [-0.1, -0.05) is 0 Å². The van der Waals surface area contributed by atoms with Crippen LogP contribution in [0.4, 0.5) is 0 Å². The average Bonchev–Trinajstić information content (AvgIpc) is 2.49. The molecule has 0 aromatic carbocycles. The number of aliphatic hydroxyl groups is 5. The summed E-state index contributed by atoms with van der Waals surface area (Å²) in [5, 5.41) is 47.2. The lowest BCUT2D eigenvalue weighted by atomic mass is 9.99. The van der Waals surface area contributed by atoms with Crippen LogP contribution in [0.15, 0.2) is 21.5 Å². The van der Waals surface area contributed by atoms with Crippen molar-refractivity contribution in [3.05, 3.63) is 28.3 Å². The molecular weight excluding hydrogens is 288 g/mol. The fourth-order valence-electron chi connectivity index (χ4n) is 1.96. The van der Waals surface area contributed by atoms with Crippen LogP contribution in [0.1, 0.15) is 5.76 Å². The van der Waals surface area contributed by atoms with E-state index in [1.165, 1.54) is 0 Å². The van der Waals surface area contributed by atoms with Gasteiger partial charge >= 0.3 is 0 Å². The van der Waals surface area contributed by atoms with Crippen LogP contribution < -0.4 is 10.2 Å². The number of hydrogen-bond acceptors (Lipinski definition) is 9. The molecule has 5 N–H and O–H groups in total. The average molecular weight is 304 g/mol. The van der Waals surface area contributed by atoms with Gasteiger partial charge in [0.1, 0.15) is 31.0 Å². The molecule has 1 aromatic rings. The molecule has 0 aliphatic carbocycles. The van der Waals surface area contributed by atoms with Crippen molar-refractivity contribution >= 4 is 0 Å². The first-order valence-electron chi connectivity index (χ1n) is 6.18. The monoisotopic (exact) mass is 304 g/mol. The Kier molecular flexibility index (Phi) is 4.93. The minimum absolute atomic E-state index is 0.181. The Morgan fingerprint density at radius 3 is 2.48 bits per heavy atom. The lowest BCUT2D eigenvalue weighted by Gasteiger charge is -2.39. The first-order valence-corrected chi connectivity index (χ1v) is 6.18. The van der Waals surface area contributed by atoms with E-state index in [0.29, 0.717) is 0 Å². The van der Waals surface area contributed by atoms with E-state index in [2.05, 4.69) is 0 Å². The highest BCUT2D eigenvalue weighted by molar-refractivity contribution is 5.24. The van der Waals surface area contributed by atoms with Crippen LogP contribution in [0.3, 0.4) is 0 Å². The third kappa shape index (κ3) is 3.07. The van der Waals surface area contributed by atoms with Gasteiger partial charge in [0.15, 0.2) is 5.76 Å². The molecule has 2 rings (SSSR count). The molecule has 1 aromatic heterocycles. The second kappa shape index (κ2) is 6.52. The molecule has 5 unspecified atom stereocenters. The molecule has 9 nitrogen and oxygen atoms in total. The third-order valence-electron chi connectivity index (χ3n) is 3.13. The molecule has 0 radical (unpaired) electrons.